The van der Waals surface area contributed by atoms with Gasteiger partial charge in [-0.05, 0) is 73.7 Å². The molecule has 40 heavy (non-hydrogen) atoms. The molecule has 0 bridgehead atoms. The van der Waals surface area contributed by atoms with E-state index in [1.54, 1.807) is 0 Å². The Morgan fingerprint density at radius 1 is 0.925 bits per heavy atom. The Balaban J connectivity index is 1.52. The first-order chi connectivity index (χ1) is 19.3. The van der Waals surface area contributed by atoms with E-state index in [9.17, 15) is 4.79 Å². The third kappa shape index (κ3) is 4.49. The summed E-state index contributed by atoms with van der Waals surface area (Å²) in [6.45, 7) is 10.9. The third-order valence-corrected chi connectivity index (χ3v) is 7.89. The molecule has 6 rings (SSSR count). The molecule has 0 spiro atoms. The molecule has 6 heteroatoms. The minimum Gasteiger partial charge on any atom is -0.308 e. The molecule has 6 nitrogen and oxygen atoms in total. The van der Waals surface area contributed by atoms with Crippen molar-refractivity contribution in [3.05, 3.63) is 130 Å². The molecule has 2 amide bonds. The molecule has 3 aromatic carbocycles. The lowest BCUT2D eigenvalue weighted by Crippen LogP contribution is -2.38. The number of carbonyl (C=O) groups is 1. The fraction of sp³-hybridized carbons (Fsp3) is 0.235. The molecule has 0 unspecified atom stereocenters. The SMILES string of the molecule is Cc1ccc(NC(=O)N2Cc3c(C)nn(-c4ccccc4)c3-n3cccc3[C@H]2c2ccc(C(C)C)cc2)c(C)c1. The number of hydrogen-bond acceptors (Lipinski definition) is 2. The molecule has 3 heterocycles. The highest BCUT2D eigenvalue weighted by Gasteiger charge is 2.36. The normalized spacial score (nSPS) is 14.6. The zero-order chi connectivity index (χ0) is 28.0. The number of para-hydroxylation sites is 1. The van der Waals surface area contributed by atoms with Gasteiger partial charge in [0.25, 0.3) is 0 Å². The van der Waals surface area contributed by atoms with E-state index in [1.165, 1.54) is 11.1 Å². The van der Waals surface area contributed by atoms with Crippen molar-refractivity contribution in [1.29, 1.82) is 0 Å². The quantitative estimate of drug-likeness (QED) is 0.258. The van der Waals surface area contributed by atoms with E-state index in [1.807, 2.05) is 53.8 Å². The number of urea groups is 1. The zero-order valence-electron chi connectivity index (χ0n) is 23.7. The molecule has 0 saturated carbocycles. The first kappa shape index (κ1) is 25.7. The maximum Gasteiger partial charge on any atom is 0.322 e. The van der Waals surface area contributed by atoms with Gasteiger partial charge >= 0.3 is 6.03 Å². The summed E-state index contributed by atoms with van der Waals surface area (Å²) in [6, 6.07) is 28.7. The summed E-state index contributed by atoms with van der Waals surface area (Å²) in [5.74, 6) is 1.40. The van der Waals surface area contributed by atoms with Gasteiger partial charge in [-0.3, -0.25) is 0 Å². The Morgan fingerprint density at radius 2 is 1.68 bits per heavy atom. The minimum atomic E-state index is -0.294. The molecule has 5 aromatic rings. The first-order valence-corrected chi connectivity index (χ1v) is 13.9. The summed E-state index contributed by atoms with van der Waals surface area (Å²) in [7, 11) is 0. The number of hydrogen-bond donors (Lipinski definition) is 1. The van der Waals surface area contributed by atoms with E-state index in [2.05, 4.69) is 91.4 Å². The average molecular weight is 530 g/mol. The maximum atomic E-state index is 14.2. The highest BCUT2D eigenvalue weighted by molar-refractivity contribution is 5.91. The van der Waals surface area contributed by atoms with Crippen LogP contribution in [0.2, 0.25) is 0 Å². The van der Waals surface area contributed by atoms with Gasteiger partial charge in [0.1, 0.15) is 5.82 Å². The molecule has 1 atom stereocenters. The highest BCUT2D eigenvalue weighted by Crippen LogP contribution is 2.39. The van der Waals surface area contributed by atoms with Crippen LogP contribution in [0.4, 0.5) is 10.5 Å². The van der Waals surface area contributed by atoms with Gasteiger partial charge in [0.05, 0.1) is 29.7 Å². The average Bonchev–Trinajstić information content (AvgIpc) is 3.51. The van der Waals surface area contributed by atoms with Crippen molar-refractivity contribution in [2.24, 2.45) is 0 Å². The van der Waals surface area contributed by atoms with Crippen LogP contribution in [0.5, 0.6) is 0 Å². The van der Waals surface area contributed by atoms with E-state index in [4.69, 9.17) is 5.10 Å². The lowest BCUT2D eigenvalue weighted by Gasteiger charge is -2.31. The molecular weight excluding hydrogens is 494 g/mol. The number of benzene rings is 3. The van der Waals surface area contributed by atoms with Crippen molar-refractivity contribution >= 4 is 11.7 Å². The monoisotopic (exact) mass is 529 g/mol. The number of rotatable bonds is 4. The summed E-state index contributed by atoms with van der Waals surface area (Å²) in [5, 5.41) is 8.18. The van der Waals surface area contributed by atoms with Gasteiger partial charge in [-0.15, -0.1) is 0 Å². The second-order valence-electron chi connectivity index (χ2n) is 11.0. The van der Waals surface area contributed by atoms with Crippen LogP contribution in [0, 0.1) is 20.8 Å². The van der Waals surface area contributed by atoms with Crippen molar-refractivity contribution in [2.45, 2.75) is 53.1 Å². The van der Waals surface area contributed by atoms with E-state index < -0.39 is 0 Å². The van der Waals surface area contributed by atoms with Gasteiger partial charge in [-0.1, -0.05) is 74.0 Å². The molecule has 0 radical (unpaired) electrons. The number of nitrogens with one attached hydrogen (secondary N) is 1. The van der Waals surface area contributed by atoms with Crippen LogP contribution in [-0.2, 0) is 6.54 Å². The number of anilines is 1. The predicted octanol–water partition coefficient (Wildman–Crippen LogP) is 7.85. The van der Waals surface area contributed by atoms with Gasteiger partial charge < -0.3 is 14.8 Å². The van der Waals surface area contributed by atoms with E-state index >= 15 is 0 Å². The molecule has 0 saturated heterocycles. The van der Waals surface area contributed by atoms with E-state index in [-0.39, 0.29) is 12.1 Å². The summed E-state index contributed by atoms with van der Waals surface area (Å²) in [4.78, 5) is 16.2. The topological polar surface area (TPSA) is 55.1 Å². The molecule has 1 N–H and O–H groups in total. The van der Waals surface area contributed by atoms with E-state index in [0.717, 1.165) is 45.3 Å². The van der Waals surface area contributed by atoms with Crippen LogP contribution in [0.1, 0.15) is 65.0 Å². The lowest BCUT2D eigenvalue weighted by atomic mass is 9.97. The molecule has 0 aliphatic carbocycles. The van der Waals surface area contributed by atoms with Crippen LogP contribution in [0.15, 0.2) is 91.1 Å². The second kappa shape index (κ2) is 10.2. The van der Waals surface area contributed by atoms with Crippen LogP contribution in [-0.4, -0.2) is 25.3 Å². The van der Waals surface area contributed by atoms with Gasteiger partial charge in [-0.2, -0.15) is 5.10 Å². The Morgan fingerprint density at radius 3 is 2.38 bits per heavy atom. The molecular formula is C34H35N5O. The first-order valence-electron chi connectivity index (χ1n) is 13.9. The molecule has 0 fully saturated rings. The van der Waals surface area contributed by atoms with Crippen molar-refractivity contribution in [2.75, 3.05) is 5.32 Å². The standard InChI is InChI=1S/C34H35N5O/c1-22(2)26-14-16-27(17-15-26)32-31-12-9-19-37(31)33-29(25(5)36-39(33)28-10-7-6-8-11-28)21-38(32)34(40)35-30-18-13-23(3)20-24(30)4/h6-20,22,32H,21H2,1-5H3,(H,35,40)/t32-/m1/s1. The van der Waals surface area contributed by atoms with Crippen LogP contribution in [0.25, 0.3) is 11.5 Å². The Hall–Kier alpha value is -4.58. The predicted molar refractivity (Wildman–Crippen MR) is 160 cm³/mol. The van der Waals surface area contributed by atoms with Gasteiger partial charge in [0, 0.05) is 17.4 Å². The fourth-order valence-corrected chi connectivity index (χ4v) is 5.70. The summed E-state index contributed by atoms with van der Waals surface area (Å²) < 4.78 is 4.20. The summed E-state index contributed by atoms with van der Waals surface area (Å²) in [5.41, 5.74) is 9.30. The Labute approximate surface area is 235 Å². The largest absolute Gasteiger partial charge is 0.322 e. The third-order valence-electron chi connectivity index (χ3n) is 7.89. The Kier molecular flexibility index (Phi) is 6.54. The van der Waals surface area contributed by atoms with Gasteiger partial charge in [0.2, 0.25) is 0 Å². The van der Waals surface area contributed by atoms with E-state index in [0.29, 0.717) is 12.5 Å². The molecule has 1 aliphatic rings. The van der Waals surface area contributed by atoms with Gasteiger partial charge in [0.15, 0.2) is 0 Å². The lowest BCUT2D eigenvalue weighted by molar-refractivity contribution is 0.194. The number of amides is 2. The molecule has 202 valence electrons. The van der Waals surface area contributed by atoms with Crippen molar-refractivity contribution in [1.82, 2.24) is 19.2 Å². The van der Waals surface area contributed by atoms with Crippen LogP contribution < -0.4 is 5.32 Å². The number of fused-ring (bicyclic) bond motifs is 3. The van der Waals surface area contributed by atoms with Crippen LogP contribution >= 0.6 is 0 Å². The van der Waals surface area contributed by atoms with Crippen molar-refractivity contribution < 1.29 is 4.79 Å². The van der Waals surface area contributed by atoms with Gasteiger partial charge in [-0.25, -0.2) is 9.48 Å². The van der Waals surface area contributed by atoms with Crippen molar-refractivity contribution in [3.63, 3.8) is 0 Å². The number of nitrogens with zero attached hydrogens (tertiary/aromatic N) is 4. The maximum absolute atomic E-state index is 14.2. The summed E-state index contributed by atoms with van der Waals surface area (Å²) >= 11 is 0. The fourth-order valence-electron chi connectivity index (χ4n) is 5.70. The van der Waals surface area contributed by atoms with Crippen LogP contribution in [0.3, 0.4) is 0 Å². The second-order valence-corrected chi connectivity index (χ2v) is 11.0. The Bertz CT molecular complexity index is 1680. The highest BCUT2D eigenvalue weighted by atomic mass is 16.2. The number of carbonyl (C=O) groups excluding carboxylic acids is 1. The molecule has 2 aromatic heterocycles. The number of aromatic nitrogens is 3. The summed E-state index contributed by atoms with van der Waals surface area (Å²) in [6.07, 6.45) is 2.08. The minimum absolute atomic E-state index is 0.141. The molecule has 1 aliphatic heterocycles. The zero-order valence-corrected chi connectivity index (χ0v) is 23.7. The smallest absolute Gasteiger partial charge is 0.308 e. The number of aryl methyl sites for hydroxylation is 3. The van der Waals surface area contributed by atoms with Crippen molar-refractivity contribution in [3.8, 4) is 11.5 Å².